The van der Waals surface area contributed by atoms with E-state index in [1.165, 1.54) is 6.07 Å². The van der Waals surface area contributed by atoms with Gasteiger partial charge in [0.15, 0.2) is 0 Å². The highest BCUT2D eigenvalue weighted by atomic mass is 19.1. The molecule has 1 aromatic carbocycles. The fourth-order valence-electron chi connectivity index (χ4n) is 1.84. The van der Waals surface area contributed by atoms with Crippen LogP contribution in [-0.2, 0) is 6.54 Å². The molecule has 0 bridgehead atoms. The molecule has 19 heavy (non-hydrogen) atoms. The molecule has 0 saturated carbocycles. The van der Waals surface area contributed by atoms with Crippen molar-refractivity contribution < 1.29 is 9.50 Å². The largest absolute Gasteiger partial charge is 0.384 e. The summed E-state index contributed by atoms with van der Waals surface area (Å²) < 4.78 is 13.5. The van der Waals surface area contributed by atoms with Gasteiger partial charge < -0.3 is 5.11 Å². The summed E-state index contributed by atoms with van der Waals surface area (Å²) in [6, 6.07) is 5.42. The third-order valence-corrected chi connectivity index (χ3v) is 3.42. The van der Waals surface area contributed by atoms with E-state index in [4.69, 9.17) is 5.11 Å². The van der Waals surface area contributed by atoms with Gasteiger partial charge in [0.25, 0.3) is 0 Å². The molecule has 0 aliphatic rings. The Morgan fingerprint density at radius 1 is 1.32 bits per heavy atom. The number of rotatable bonds is 4. The quantitative estimate of drug-likeness (QED) is 0.844. The van der Waals surface area contributed by atoms with Crippen molar-refractivity contribution in [1.29, 1.82) is 0 Å². The Hall–Kier alpha value is -1.37. The number of halogens is 1. The van der Waals surface area contributed by atoms with Crippen molar-refractivity contribution in [2.24, 2.45) is 5.92 Å². The van der Waals surface area contributed by atoms with Crippen molar-refractivity contribution in [2.75, 3.05) is 13.7 Å². The van der Waals surface area contributed by atoms with Gasteiger partial charge in [-0.25, -0.2) is 4.39 Å². The maximum absolute atomic E-state index is 13.5. The van der Waals surface area contributed by atoms with E-state index in [0.29, 0.717) is 17.5 Å². The van der Waals surface area contributed by atoms with Crippen LogP contribution in [-0.4, -0.2) is 29.7 Å². The van der Waals surface area contributed by atoms with Crippen LogP contribution < -0.4 is 0 Å². The Morgan fingerprint density at radius 3 is 2.58 bits per heavy atom. The maximum atomic E-state index is 13.5. The van der Waals surface area contributed by atoms with Gasteiger partial charge in [0.05, 0.1) is 5.56 Å². The first kappa shape index (κ1) is 15.7. The molecule has 0 spiro atoms. The van der Waals surface area contributed by atoms with Gasteiger partial charge in [-0.15, -0.1) is 0 Å². The fraction of sp³-hybridized carbons (Fsp3) is 0.500. The zero-order valence-corrected chi connectivity index (χ0v) is 12.1. The van der Waals surface area contributed by atoms with E-state index in [2.05, 4.69) is 44.6 Å². The first-order chi connectivity index (χ1) is 8.95. The van der Waals surface area contributed by atoms with Crippen molar-refractivity contribution in [1.82, 2.24) is 4.90 Å². The molecule has 0 aliphatic carbocycles. The van der Waals surface area contributed by atoms with Crippen LogP contribution in [0.15, 0.2) is 18.2 Å². The molecule has 3 heteroatoms. The number of hydrogen-bond donors (Lipinski definition) is 1. The molecule has 0 aliphatic heterocycles. The van der Waals surface area contributed by atoms with Gasteiger partial charge in [0.1, 0.15) is 12.4 Å². The summed E-state index contributed by atoms with van der Waals surface area (Å²) in [7, 11) is 2.06. The minimum atomic E-state index is -0.343. The van der Waals surface area contributed by atoms with Crippen molar-refractivity contribution in [3.8, 4) is 11.8 Å². The standard InChI is InChI=1S/C16H22FNO/c1-12(2)13(3)18(4)11-14-7-8-16(17)15(10-14)6-5-9-19/h7-8,10,12-13,19H,9,11H2,1-4H3. The molecule has 0 amide bonds. The van der Waals surface area contributed by atoms with E-state index >= 15 is 0 Å². The fourth-order valence-corrected chi connectivity index (χ4v) is 1.84. The van der Waals surface area contributed by atoms with Crippen LogP contribution in [0.4, 0.5) is 4.39 Å². The molecular formula is C16H22FNO. The van der Waals surface area contributed by atoms with Gasteiger partial charge in [-0.05, 0) is 37.6 Å². The van der Waals surface area contributed by atoms with Crippen molar-refractivity contribution in [3.05, 3.63) is 35.1 Å². The summed E-state index contributed by atoms with van der Waals surface area (Å²) in [5.41, 5.74) is 1.37. The van der Waals surface area contributed by atoms with E-state index in [0.717, 1.165) is 12.1 Å². The maximum Gasteiger partial charge on any atom is 0.138 e. The predicted octanol–water partition coefficient (Wildman–Crippen LogP) is 2.65. The van der Waals surface area contributed by atoms with Crippen LogP contribution in [0.5, 0.6) is 0 Å². The summed E-state index contributed by atoms with van der Waals surface area (Å²) in [6.07, 6.45) is 0. The molecule has 1 aromatic rings. The zero-order valence-electron chi connectivity index (χ0n) is 12.1. The number of benzene rings is 1. The molecule has 0 heterocycles. The smallest absolute Gasteiger partial charge is 0.138 e. The summed E-state index contributed by atoms with van der Waals surface area (Å²) in [4.78, 5) is 2.24. The van der Waals surface area contributed by atoms with E-state index in [-0.39, 0.29) is 12.4 Å². The average Bonchev–Trinajstić information content (AvgIpc) is 2.38. The Balaban J connectivity index is 2.85. The first-order valence-corrected chi connectivity index (χ1v) is 6.54. The molecule has 1 unspecified atom stereocenters. The van der Waals surface area contributed by atoms with Crippen LogP contribution in [0, 0.1) is 23.6 Å². The minimum Gasteiger partial charge on any atom is -0.384 e. The Bertz CT molecular complexity index is 473. The summed E-state index contributed by atoms with van der Waals surface area (Å²) in [5.74, 6) is 5.34. The normalized spacial score (nSPS) is 12.4. The Labute approximate surface area is 115 Å². The van der Waals surface area contributed by atoms with Gasteiger partial charge in [0.2, 0.25) is 0 Å². The highest BCUT2D eigenvalue weighted by Crippen LogP contribution is 2.15. The Kier molecular flexibility index (Phi) is 6.01. The van der Waals surface area contributed by atoms with E-state index < -0.39 is 0 Å². The third-order valence-electron chi connectivity index (χ3n) is 3.42. The lowest BCUT2D eigenvalue weighted by Gasteiger charge is -2.27. The lowest BCUT2D eigenvalue weighted by Crippen LogP contribution is -2.32. The van der Waals surface area contributed by atoms with E-state index in [1.54, 1.807) is 12.1 Å². The van der Waals surface area contributed by atoms with Gasteiger partial charge in [-0.1, -0.05) is 31.8 Å². The number of aliphatic hydroxyl groups excluding tert-OH is 1. The van der Waals surface area contributed by atoms with Crippen molar-refractivity contribution in [2.45, 2.75) is 33.4 Å². The molecule has 2 nitrogen and oxygen atoms in total. The number of hydrogen-bond acceptors (Lipinski definition) is 2. The number of nitrogens with zero attached hydrogens (tertiary/aromatic N) is 1. The summed E-state index contributed by atoms with van der Waals surface area (Å²) >= 11 is 0. The molecule has 0 aromatic heterocycles. The van der Waals surface area contributed by atoms with Crippen molar-refractivity contribution >= 4 is 0 Å². The summed E-state index contributed by atoms with van der Waals surface area (Å²) in [5, 5.41) is 8.66. The van der Waals surface area contributed by atoms with E-state index in [1.807, 2.05) is 0 Å². The lowest BCUT2D eigenvalue weighted by molar-refractivity contribution is 0.200. The van der Waals surface area contributed by atoms with E-state index in [9.17, 15) is 4.39 Å². The molecule has 0 saturated heterocycles. The monoisotopic (exact) mass is 263 g/mol. The highest BCUT2D eigenvalue weighted by Gasteiger charge is 2.13. The minimum absolute atomic E-state index is 0.256. The molecule has 0 radical (unpaired) electrons. The van der Waals surface area contributed by atoms with Gasteiger partial charge in [-0.3, -0.25) is 4.90 Å². The lowest BCUT2D eigenvalue weighted by atomic mass is 10.0. The van der Waals surface area contributed by atoms with Crippen LogP contribution >= 0.6 is 0 Å². The van der Waals surface area contributed by atoms with Crippen LogP contribution in [0.25, 0.3) is 0 Å². The average molecular weight is 263 g/mol. The van der Waals surface area contributed by atoms with Crippen LogP contribution in [0.1, 0.15) is 31.9 Å². The van der Waals surface area contributed by atoms with Gasteiger partial charge in [-0.2, -0.15) is 0 Å². The molecule has 104 valence electrons. The molecular weight excluding hydrogens is 241 g/mol. The highest BCUT2D eigenvalue weighted by molar-refractivity contribution is 5.38. The topological polar surface area (TPSA) is 23.5 Å². The molecule has 0 fully saturated rings. The van der Waals surface area contributed by atoms with Crippen LogP contribution in [0.2, 0.25) is 0 Å². The second-order valence-electron chi connectivity index (χ2n) is 5.17. The zero-order chi connectivity index (χ0) is 14.4. The molecule has 1 atom stereocenters. The predicted molar refractivity (Wildman–Crippen MR) is 76.1 cm³/mol. The van der Waals surface area contributed by atoms with Crippen LogP contribution in [0.3, 0.4) is 0 Å². The third kappa shape index (κ3) is 4.66. The van der Waals surface area contributed by atoms with Crippen molar-refractivity contribution in [3.63, 3.8) is 0 Å². The Morgan fingerprint density at radius 2 is 2.00 bits per heavy atom. The number of aliphatic hydroxyl groups is 1. The molecule has 1 N–H and O–H groups in total. The first-order valence-electron chi connectivity index (χ1n) is 6.54. The van der Waals surface area contributed by atoms with Gasteiger partial charge >= 0.3 is 0 Å². The second kappa shape index (κ2) is 7.28. The second-order valence-corrected chi connectivity index (χ2v) is 5.17. The SMILES string of the molecule is CC(C)C(C)N(C)Cc1ccc(F)c(C#CCO)c1. The molecule has 1 rings (SSSR count). The summed E-state index contributed by atoms with van der Waals surface area (Å²) in [6.45, 7) is 7.05. The van der Waals surface area contributed by atoms with Gasteiger partial charge in [0, 0.05) is 12.6 Å².